The summed E-state index contributed by atoms with van der Waals surface area (Å²) in [5, 5.41) is 7.25. The fourth-order valence-electron chi connectivity index (χ4n) is 2.86. The summed E-state index contributed by atoms with van der Waals surface area (Å²) in [4.78, 5) is 21.6. The van der Waals surface area contributed by atoms with Crippen LogP contribution in [-0.2, 0) is 0 Å². The number of aromatic nitrogens is 3. The van der Waals surface area contributed by atoms with E-state index in [4.69, 9.17) is 11.6 Å². The van der Waals surface area contributed by atoms with Gasteiger partial charge in [0.25, 0.3) is 5.91 Å². The highest BCUT2D eigenvalue weighted by Crippen LogP contribution is 2.34. The highest BCUT2D eigenvalue weighted by molar-refractivity contribution is 7.18. The predicted molar refractivity (Wildman–Crippen MR) is 109 cm³/mol. The van der Waals surface area contributed by atoms with Crippen molar-refractivity contribution in [2.45, 2.75) is 6.92 Å². The third kappa shape index (κ3) is 3.27. The number of fused-ring (bicyclic) bond motifs is 1. The molecule has 3 heterocycles. The third-order valence-corrected chi connectivity index (χ3v) is 5.36. The standard InChI is InChI=1S/C19H16ClN5OS/c1-11-16(25-9-3-4-14(20)17(25)23-11)15-10-22-19(27-15)24-13-7-5-12(6-8-13)18(26)21-2/h3-10H,1-2H3,(H,21,26)(H,22,24). The summed E-state index contributed by atoms with van der Waals surface area (Å²) < 4.78 is 1.98. The first-order chi connectivity index (χ1) is 13.1. The molecule has 0 atom stereocenters. The van der Waals surface area contributed by atoms with Crippen LogP contribution in [0.1, 0.15) is 16.1 Å². The van der Waals surface area contributed by atoms with Gasteiger partial charge in [0, 0.05) is 30.7 Å². The summed E-state index contributed by atoms with van der Waals surface area (Å²) in [6, 6.07) is 11.0. The molecule has 0 bridgehead atoms. The number of nitrogens with one attached hydrogen (secondary N) is 2. The van der Waals surface area contributed by atoms with Crippen LogP contribution in [0.4, 0.5) is 10.8 Å². The van der Waals surface area contributed by atoms with E-state index in [0.29, 0.717) is 10.6 Å². The maximum atomic E-state index is 11.6. The van der Waals surface area contributed by atoms with Gasteiger partial charge in [0.05, 0.1) is 21.3 Å². The van der Waals surface area contributed by atoms with Crippen molar-refractivity contribution >= 4 is 45.3 Å². The monoisotopic (exact) mass is 397 g/mol. The average molecular weight is 398 g/mol. The number of rotatable bonds is 4. The minimum Gasteiger partial charge on any atom is -0.355 e. The van der Waals surface area contributed by atoms with E-state index in [2.05, 4.69) is 20.6 Å². The first-order valence-corrected chi connectivity index (χ1v) is 9.45. The summed E-state index contributed by atoms with van der Waals surface area (Å²) in [7, 11) is 1.61. The lowest BCUT2D eigenvalue weighted by Gasteiger charge is -2.04. The van der Waals surface area contributed by atoms with Crippen LogP contribution in [-0.4, -0.2) is 27.3 Å². The number of hydrogen-bond donors (Lipinski definition) is 2. The molecule has 3 aromatic heterocycles. The molecule has 27 heavy (non-hydrogen) atoms. The highest BCUT2D eigenvalue weighted by atomic mass is 35.5. The Hall–Kier alpha value is -2.90. The topological polar surface area (TPSA) is 71.3 Å². The molecule has 0 spiro atoms. The van der Waals surface area contributed by atoms with Crippen LogP contribution < -0.4 is 10.6 Å². The maximum Gasteiger partial charge on any atom is 0.251 e. The van der Waals surface area contributed by atoms with E-state index in [0.717, 1.165) is 32.7 Å². The molecule has 0 fully saturated rings. The normalized spacial score (nSPS) is 10.9. The first kappa shape index (κ1) is 17.5. The van der Waals surface area contributed by atoms with Gasteiger partial charge in [0.2, 0.25) is 0 Å². The van der Waals surface area contributed by atoms with Gasteiger partial charge in [0.15, 0.2) is 10.8 Å². The molecular weight excluding hydrogens is 382 g/mol. The molecule has 0 aliphatic heterocycles. The van der Waals surface area contributed by atoms with Crippen molar-refractivity contribution in [3.63, 3.8) is 0 Å². The summed E-state index contributed by atoms with van der Waals surface area (Å²) >= 11 is 7.78. The zero-order valence-corrected chi connectivity index (χ0v) is 16.2. The van der Waals surface area contributed by atoms with Gasteiger partial charge in [0.1, 0.15) is 0 Å². The lowest BCUT2D eigenvalue weighted by Crippen LogP contribution is -2.17. The fraction of sp³-hybridized carbons (Fsp3) is 0.105. The van der Waals surface area contributed by atoms with E-state index < -0.39 is 0 Å². The molecule has 8 heteroatoms. The lowest BCUT2D eigenvalue weighted by molar-refractivity contribution is 0.0963. The summed E-state index contributed by atoms with van der Waals surface area (Å²) in [6.45, 7) is 1.96. The van der Waals surface area contributed by atoms with Gasteiger partial charge in [-0.05, 0) is 43.3 Å². The van der Waals surface area contributed by atoms with Crippen molar-refractivity contribution in [2.75, 3.05) is 12.4 Å². The molecule has 1 aromatic carbocycles. The SMILES string of the molecule is CNC(=O)c1ccc(Nc2ncc(-c3c(C)nc4c(Cl)cccn34)s2)cc1. The molecule has 136 valence electrons. The number of benzene rings is 1. The molecule has 0 aliphatic rings. The number of carbonyl (C=O) groups excluding carboxylic acids is 1. The summed E-state index contributed by atoms with van der Waals surface area (Å²) in [6.07, 6.45) is 3.77. The van der Waals surface area contributed by atoms with Crippen LogP contribution in [0.2, 0.25) is 5.02 Å². The molecule has 4 aromatic rings. The lowest BCUT2D eigenvalue weighted by atomic mass is 10.2. The van der Waals surface area contributed by atoms with E-state index in [1.165, 1.54) is 11.3 Å². The van der Waals surface area contributed by atoms with Crippen LogP contribution in [0.15, 0.2) is 48.8 Å². The zero-order chi connectivity index (χ0) is 19.0. The molecule has 0 unspecified atom stereocenters. The van der Waals surface area contributed by atoms with Crippen molar-refractivity contribution < 1.29 is 4.79 Å². The Morgan fingerprint density at radius 3 is 2.74 bits per heavy atom. The van der Waals surface area contributed by atoms with Crippen molar-refractivity contribution in [1.82, 2.24) is 19.7 Å². The number of nitrogens with zero attached hydrogens (tertiary/aromatic N) is 3. The van der Waals surface area contributed by atoms with Crippen LogP contribution >= 0.6 is 22.9 Å². The Balaban J connectivity index is 1.62. The first-order valence-electron chi connectivity index (χ1n) is 8.25. The smallest absolute Gasteiger partial charge is 0.251 e. The number of aryl methyl sites for hydroxylation is 1. The fourth-order valence-corrected chi connectivity index (χ4v) is 4.00. The summed E-state index contributed by atoms with van der Waals surface area (Å²) in [5.41, 5.74) is 4.09. The molecule has 0 radical (unpaired) electrons. The van der Waals surface area contributed by atoms with Gasteiger partial charge in [-0.3, -0.25) is 9.20 Å². The number of hydrogen-bond acceptors (Lipinski definition) is 5. The Kier molecular flexibility index (Phi) is 4.55. The highest BCUT2D eigenvalue weighted by Gasteiger charge is 2.15. The Bertz CT molecular complexity index is 1130. The van der Waals surface area contributed by atoms with Crippen molar-refractivity contribution in [3.8, 4) is 10.6 Å². The van der Waals surface area contributed by atoms with E-state index in [-0.39, 0.29) is 5.91 Å². The van der Waals surface area contributed by atoms with Crippen LogP contribution in [0.25, 0.3) is 16.2 Å². The minimum absolute atomic E-state index is 0.111. The Morgan fingerprint density at radius 1 is 1.22 bits per heavy atom. The summed E-state index contributed by atoms with van der Waals surface area (Å²) in [5.74, 6) is -0.111. The molecule has 0 saturated heterocycles. The number of halogens is 1. The number of anilines is 2. The molecule has 4 rings (SSSR count). The zero-order valence-electron chi connectivity index (χ0n) is 14.7. The van der Waals surface area contributed by atoms with Crippen LogP contribution in [0.3, 0.4) is 0 Å². The van der Waals surface area contributed by atoms with E-state index >= 15 is 0 Å². The number of thiazole rings is 1. The van der Waals surface area contributed by atoms with Crippen molar-refractivity contribution in [1.29, 1.82) is 0 Å². The molecule has 0 aliphatic carbocycles. The number of pyridine rings is 1. The number of amides is 1. The van der Waals surface area contributed by atoms with E-state index in [1.807, 2.05) is 48.0 Å². The quantitative estimate of drug-likeness (QED) is 0.531. The number of carbonyl (C=O) groups is 1. The van der Waals surface area contributed by atoms with Gasteiger partial charge in [-0.1, -0.05) is 22.9 Å². The maximum absolute atomic E-state index is 11.6. The van der Waals surface area contributed by atoms with Crippen molar-refractivity contribution in [3.05, 3.63) is 65.1 Å². The van der Waals surface area contributed by atoms with Gasteiger partial charge in [-0.2, -0.15) is 0 Å². The molecule has 2 N–H and O–H groups in total. The van der Waals surface area contributed by atoms with Gasteiger partial charge in [-0.15, -0.1) is 0 Å². The number of imidazole rings is 1. The van der Waals surface area contributed by atoms with Gasteiger partial charge in [-0.25, -0.2) is 9.97 Å². The molecule has 1 amide bonds. The van der Waals surface area contributed by atoms with E-state index in [1.54, 1.807) is 19.2 Å². The van der Waals surface area contributed by atoms with Gasteiger partial charge < -0.3 is 10.6 Å². The third-order valence-electron chi connectivity index (χ3n) is 4.14. The predicted octanol–water partition coefficient (Wildman–Crippen LogP) is 4.52. The second-order valence-corrected chi connectivity index (χ2v) is 7.34. The second-order valence-electron chi connectivity index (χ2n) is 5.91. The van der Waals surface area contributed by atoms with E-state index in [9.17, 15) is 4.79 Å². The molecule has 0 saturated carbocycles. The largest absolute Gasteiger partial charge is 0.355 e. The Labute approximate surface area is 164 Å². The molecular formula is C19H16ClN5OS. The molecule has 6 nitrogen and oxygen atoms in total. The van der Waals surface area contributed by atoms with Gasteiger partial charge >= 0.3 is 0 Å². The Morgan fingerprint density at radius 2 is 2.00 bits per heavy atom. The second kappa shape index (κ2) is 7.02. The van der Waals surface area contributed by atoms with Crippen LogP contribution in [0.5, 0.6) is 0 Å². The minimum atomic E-state index is -0.111. The average Bonchev–Trinajstić information content (AvgIpc) is 3.26. The van der Waals surface area contributed by atoms with Crippen LogP contribution in [0, 0.1) is 6.92 Å². The van der Waals surface area contributed by atoms with Crippen molar-refractivity contribution in [2.24, 2.45) is 0 Å².